The minimum atomic E-state index is -0.463. The Morgan fingerprint density at radius 1 is 1.60 bits per heavy atom. The van der Waals surface area contributed by atoms with Gasteiger partial charge in [0.05, 0.1) is 0 Å². The lowest BCUT2D eigenvalue weighted by Gasteiger charge is -1.96. The van der Waals surface area contributed by atoms with Crippen LogP contribution in [-0.4, -0.2) is 4.98 Å². The zero-order chi connectivity index (χ0) is 7.56. The van der Waals surface area contributed by atoms with E-state index in [-0.39, 0.29) is 5.15 Å². The number of halogens is 2. The van der Waals surface area contributed by atoms with E-state index < -0.39 is 5.95 Å². The lowest BCUT2D eigenvalue weighted by atomic mass is 10.2. The molecule has 0 fully saturated rings. The summed E-state index contributed by atoms with van der Waals surface area (Å²) in [4.78, 5) is 3.44. The second-order valence-electron chi connectivity index (χ2n) is 1.94. The fourth-order valence-electron chi connectivity index (χ4n) is 0.705. The van der Waals surface area contributed by atoms with E-state index in [1.165, 1.54) is 0 Å². The first kappa shape index (κ1) is 7.48. The number of pyridine rings is 1. The second kappa shape index (κ2) is 2.97. The standard InChI is InChI=1S/C7H7ClFN/c1-2-5-3-4-6(8)10-7(5)9/h3-4H,2H2,1H3. The predicted octanol–water partition coefficient (Wildman–Crippen LogP) is 2.44. The molecule has 0 spiro atoms. The van der Waals surface area contributed by atoms with Crippen molar-refractivity contribution in [2.75, 3.05) is 0 Å². The van der Waals surface area contributed by atoms with Gasteiger partial charge in [-0.3, -0.25) is 0 Å². The Morgan fingerprint density at radius 2 is 2.30 bits per heavy atom. The van der Waals surface area contributed by atoms with Crippen molar-refractivity contribution >= 4 is 11.6 Å². The first-order valence-corrected chi connectivity index (χ1v) is 3.42. The van der Waals surface area contributed by atoms with Gasteiger partial charge in [-0.1, -0.05) is 24.6 Å². The van der Waals surface area contributed by atoms with Gasteiger partial charge in [-0.25, -0.2) is 4.98 Å². The normalized spacial score (nSPS) is 9.90. The molecule has 0 aliphatic carbocycles. The van der Waals surface area contributed by atoms with Gasteiger partial charge in [-0.15, -0.1) is 0 Å². The minimum Gasteiger partial charge on any atom is -0.208 e. The lowest BCUT2D eigenvalue weighted by Crippen LogP contribution is -1.90. The van der Waals surface area contributed by atoms with Crippen LogP contribution < -0.4 is 0 Å². The van der Waals surface area contributed by atoms with Crippen molar-refractivity contribution < 1.29 is 4.39 Å². The molecule has 0 saturated heterocycles. The van der Waals surface area contributed by atoms with Gasteiger partial charge in [-0.05, 0) is 12.5 Å². The molecule has 1 nitrogen and oxygen atoms in total. The Morgan fingerprint density at radius 3 is 2.80 bits per heavy atom. The zero-order valence-electron chi connectivity index (χ0n) is 5.56. The average Bonchev–Trinajstić information content (AvgIpc) is 1.88. The summed E-state index contributed by atoms with van der Waals surface area (Å²) in [5.74, 6) is -0.463. The molecule has 0 radical (unpaired) electrons. The lowest BCUT2D eigenvalue weighted by molar-refractivity contribution is 0.569. The molecule has 0 unspecified atom stereocenters. The first-order chi connectivity index (χ1) is 4.74. The van der Waals surface area contributed by atoms with Crippen molar-refractivity contribution in [1.29, 1.82) is 0 Å². The molecule has 1 heterocycles. The molecule has 0 saturated carbocycles. The number of hydrogen-bond donors (Lipinski definition) is 0. The Labute approximate surface area is 63.8 Å². The minimum absolute atomic E-state index is 0.203. The number of rotatable bonds is 1. The van der Waals surface area contributed by atoms with Crippen LogP contribution in [0.2, 0.25) is 5.15 Å². The molecule has 0 aromatic carbocycles. The van der Waals surface area contributed by atoms with Gasteiger partial charge in [0.2, 0.25) is 5.95 Å². The number of aromatic nitrogens is 1. The number of hydrogen-bond acceptors (Lipinski definition) is 1. The maximum atomic E-state index is 12.7. The second-order valence-corrected chi connectivity index (χ2v) is 2.32. The Hall–Kier alpha value is -0.630. The highest BCUT2D eigenvalue weighted by Gasteiger charge is 2.00. The van der Waals surface area contributed by atoms with Gasteiger partial charge in [0.25, 0.3) is 0 Å². The van der Waals surface area contributed by atoms with Gasteiger partial charge >= 0.3 is 0 Å². The molecule has 0 N–H and O–H groups in total. The Bertz CT molecular complexity index is 237. The Kier molecular flexibility index (Phi) is 2.22. The molecule has 3 heteroatoms. The quantitative estimate of drug-likeness (QED) is 0.574. The van der Waals surface area contributed by atoms with Crippen LogP contribution >= 0.6 is 11.6 Å². The summed E-state index contributed by atoms with van der Waals surface area (Å²) < 4.78 is 12.7. The van der Waals surface area contributed by atoms with Crippen molar-refractivity contribution in [3.8, 4) is 0 Å². The van der Waals surface area contributed by atoms with E-state index in [1.54, 1.807) is 12.1 Å². The first-order valence-electron chi connectivity index (χ1n) is 3.05. The van der Waals surface area contributed by atoms with Crippen molar-refractivity contribution in [3.63, 3.8) is 0 Å². The summed E-state index contributed by atoms with van der Waals surface area (Å²) in [7, 11) is 0. The molecule has 1 rings (SSSR count). The Balaban J connectivity index is 3.07. The van der Waals surface area contributed by atoms with Gasteiger partial charge in [0.1, 0.15) is 5.15 Å². The zero-order valence-corrected chi connectivity index (χ0v) is 6.32. The largest absolute Gasteiger partial charge is 0.217 e. The highest BCUT2D eigenvalue weighted by Crippen LogP contribution is 2.09. The summed E-state index contributed by atoms with van der Waals surface area (Å²) in [6, 6.07) is 3.23. The van der Waals surface area contributed by atoms with Crippen LogP contribution in [0.15, 0.2) is 12.1 Å². The molecular formula is C7H7ClFN. The molecule has 0 atom stereocenters. The van der Waals surface area contributed by atoms with Gasteiger partial charge < -0.3 is 0 Å². The smallest absolute Gasteiger partial charge is 0.208 e. The number of nitrogens with zero attached hydrogens (tertiary/aromatic N) is 1. The van der Waals surface area contributed by atoms with Crippen LogP contribution in [0.1, 0.15) is 12.5 Å². The summed E-state index contributed by atoms with van der Waals surface area (Å²) in [5.41, 5.74) is 0.601. The molecule has 54 valence electrons. The average molecular weight is 160 g/mol. The van der Waals surface area contributed by atoms with E-state index in [9.17, 15) is 4.39 Å². The third-order valence-corrected chi connectivity index (χ3v) is 1.48. The van der Waals surface area contributed by atoms with Gasteiger partial charge in [0.15, 0.2) is 0 Å². The summed E-state index contributed by atoms with van der Waals surface area (Å²) in [6.07, 6.45) is 0.649. The van der Waals surface area contributed by atoms with Crippen LogP contribution in [0.3, 0.4) is 0 Å². The SMILES string of the molecule is CCc1ccc(Cl)nc1F. The molecule has 0 bridgehead atoms. The third kappa shape index (κ3) is 1.45. The molecule has 0 amide bonds. The fraction of sp³-hybridized carbons (Fsp3) is 0.286. The van der Waals surface area contributed by atoms with E-state index in [0.717, 1.165) is 0 Å². The van der Waals surface area contributed by atoms with Crippen LogP contribution in [0.5, 0.6) is 0 Å². The van der Waals surface area contributed by atoms with Gasteiger partial charge in [-0.2, -0.15) is 4.39 Å². The van der Waals surface area contributed by atoms with Crippen molar-refractivity contribution in [2.45, 2.75) is 13.3 Å². The molecule has 1 aromatic heterocycles. The topological polar surface area (TPSA) is 12.9 Å². The molecule has 10 heavy (non-hydrogen) atoms. The summed E-state index contributed by atoms with van der Waals surface area (Å²) >= 11 is 5.42. The monoisotopic (exact) mass is 159 g/mol. The van der Waals surface area contributed by atoms with Crippen LogP contribution in [-0.2, 0) is 6.42 Å². The van der Waals surface area contributed by atoms with E-state index in [1.807, 2.05) is 6.92 Å². The van der Waals surface area contributed by atoms with E-state index in [4.69, 9.17) is 11.6 Å². The predicted molar refractivity (Wildman–Crippen MR) is 38.6 cm³/mol. The van der Waals surface area contributed by atoms with Crippen molar-refractivity contribution in [2.24, 2.45) is 0 Å². The van der Waals surface area contributed by atoms with Crippen LogP contribution in [0, 0.1) is 5.95 Å². The molecule has 1 aromatic rings. The maximum absolute atomic E-state index is 12.7. The highest BCUT2D eigenvalue weighted by molar-refractivity contribution is 6.29. The van der Waals surface area contributed by atoms with E-state index >= 15 is 0 Å². The third-order valence-electron chi connectivity index (χ3n) is 1.27. The van der Waals surface area contributed by atoms with E-state index in [0.29, 0.717) is 12.0 Å². The summed E-state index contributed by atoms with van der Waals surface area (Å²) in [5, 5.41) is 0.203. The highest BCUT2D eigenvalue weighted by atomic mass is 35.5. The van der Waals surface area contributed by atoms with Crippen molar-refractivity contribution in [3.05, 3.63) is 28.8 Å². The number of aryl methyl sites for hydroxylation is 1. The maximum Gasteiger partial charge on any atom is 0.217 e. The molecular weight excluding hydrogens is 153 g/mol. The van der Waals surface area contributed by atoms with Gasteiger partial charge in [0, 0.05) is 5.56 Å². The molecule has 0 aliphatic heterocycles. The van der Waals surface area contributed by atoms with E-state index in [2.05, 4.69) is 4.98 Å². The molecule has 0 aliphatic rings. The fourth-order valence-corrected chi connectivity index (χ4v) is 0.842. The van der Waals surface area contributed by atoms with Crippen LogP contribution in [0.4, 0.5) is 4.39 Å². The van der Waals surface area contributed by atoms with Crippen LogP contribution in [0.25, 0.3) is 0 Å². The summed E-state index contributed by atoms with van der Waals surface area (Å²) in [6.45, 7) is 1.87. The van der Waals surface area contributed by atoms with Crippen molar-refractivity contribution in [1.82, 2.24) is 4.98 Å².